The summed E-state index contributed by atoms with van der Waals surface area (Å²) in [6.07, 6.45) is 8.20. The minimum Gasteiger partial charge on any atom is -0.411 e. The molecule has 4 bridgehead atoms. The zero-order chi connectivity index (χ0) is 19.1. The van der Waals surface area contributed by atoms with Gasteiger partial charge >= 0.3 is 0 Å². The van der Waals surface area contributed by atoms with Gasteiger partial charge in [-0.05, 0) is 86.0 Å². The first kappa shape index (κ1) is 18.5. The molecule has 4 aliphatic carbocycles. The van der Waals surface area contributed by atoms with Crippen LogP contribution in [-0.2, 0) is 4.79 Å². The second-order valence-electron chi connectivity index (χ2n) is 8.86. The Morgan fingerprint density at radius 2 is 1.75 bits per heavy atom. The van der Waals surface area contributed by atoms with Crippen LogP contribution in [0.4, 0.5) is 0 Å². The number of benzene rings is 1. The maximum atomic E-state index is 12.4. The van der Waals surface area contributed by atoms with E-state index < -0.39 is 0 Å². The van der Waals surface area contributed by atoms with E-state index in [4.69, 9.17) is 16.0 Å². The van der Waals surface area contributed by atoms with Gasteiger partial charge in [0.05, 0.1) is 5.75 Å². The van der Waals surface area contributed by atoms with E-state index in [1.54, 1.807) is 12.1 Å². The molecule has 0 atom stereocenters. The predicted molar refractivity (Wildman–Crippen MR) is 109 cm³/mol. The van der Waals surface area contributed by atoms with Crippen molar-refractivity contribution < 1.29 is 9.21 Å². The third-order valence-corrected chi connectivity index (χ3v) is 7.72. The minimum absolute atomic E-state index is 0.0481. The lowest BCUT2D eigenvalue weighted by Crippen LogP contribution is -2.51. The van der Waals surface area contributed by atoms with Gasteiger partial charge in [0.25, 0.3) is 5.22 Å². The first-order valence-corrected chi connectivity index (χ1v) is 11.4. The van der Waals surface area contributed by atoms with Crippen molar-refractivity contribution in [1.82, 2.24) is 15.5 Å². The molecule has 0 saturated heterocycles. The van der Waals surface area contributed by atoms with E-state index in [1.165, 1.54) is 50.3 Å². The van der Waals surface area contributed by atoms with E-state index in [0.29, 0.717) is 27.3 Å². The second kappa shape index (κ2) is 7.38. The third kappa shape index (κ3) is 3.81. The SMILES string of the molecule is O=C(CSc1nnc(-c2ccc(Cl)cc2)o1)NCC12CC3CC(CC(C3)C1)C2. The zero-order valence-electron chi connectivity index (χ0n) is 15.7. The van der Waals surface area contributed by atoms with E-state index in [-0.39, 0.29) is 5.91 Å². The Balaban J connectivity index is 1.13. The number of nitrogens with zero attached hydrogens (tertiary/aromatic N) is 2. The molecule has 1 aromatic carbocycles. The number of aromatic nitrogens is 2. The van der Waals surface area contributed by atoms with Crippen molar-refractivity contribution in [2.24, 2.45) is 23.2 Å². The molecule has 0 radical (unpaired) electrons. The minimum atomic E-state index is 0.0481. The van der Waals surface area contributed by atoms with Crippen LogP contribution in [0.2, 0.25) is 5.02 Å². The molecule has 4 saturated carbocycles. The Kier molecular flexibility index (Phi) is 4.87. The molecule has 148 valence electrons. The number of amides is 1. The molecule has 4 fully saturated rings. The molecule has 2 aromatic rings. The predicted octanol–water partition coefficient (Wildman–Crippen LogP) is 4.81. The van der Waals surface area contributed by atoms with Gasteiger partial charge in [-0.15, -0.1) is 10.2 Å². The quantitative estimate of drug-likeness (QED) is 0.682. The van der Waals surface area contributed by atoms with Crippen LogP contribution >= 0.6 is 23.4 Å². The Morgan fingerprint density at radius 3 is 2.39 bits per heavy atom. The topological polar surface area (TPSA) is 68.0 Å². The summed E-state index contributed by atoms with van der Waals surface area (Å²) in [5.41, 5.74) is 1.18. The average molecular weight is 418 g/mol. The van der Waals surface area contributed by atoms with Crippen molar-refractivity contribution in [3.05, 3.63) is 29.3 Å². The van der Waals surface area contributed by atoms with Gasteiger partial charge in [0.2, 0.25) is 11.8 Å². The van der Waals surface area contributed by atoms with Crippen LogP contribution in [0.1, 0.15) is 38.5 Å². The molecule has 0 aliphatic heterocycles. The number of carbonyl (C=O) groups excluding carboxylic acids is 1. The Hall–Kier alpha value is -1.53. The molecule has 0 spiro atoms. The van der Waals surface area contributed by atoms with Crippen LogP contribution in [0.15, 0.2) is 33.9 Å². The highest BCUT2D eigenvalue weighted by atomic mass is 35.5. The van der Waals surface area contributed by atoms with E-state index in [1.807, 2.05) is 12.1 Å². The van der Waals surface area contributed by atoms with Gasteiger partial charge in [0.1, 0.15) is 0 Å². The molecule has 0 unspecified atom stereocenters. The summed E-state index contributed by atoms with van der Waals surface area (Å²) in [6, 6.07) is 7.24. The first-order valence-electron chi connectivity index (χ1n) is 10.1. The fourth-order valence-electron chi connectivity index (χ4n) is 5.95. The van der Waals surface area contributed by atoms with Gasteiger partial charge in [0, 0.05) is 17.1 Å². The molecular weight excluding hydrogens is 394 g/mol. The Labute approximate surface area is 174 Å². The summed E-state index contributed by atoms with van der Waals surface area (Å²) < 4.78 is 5.66. The van der Waals surface area contributed by atoms with Crippen molar-refractivity contribution in [2.75, 3.05) is 12.3 Å². The Morgan fingerprint density at radius 1 is 1.11 bits per heavy atom. The number of carbonyl (C=O) groups is 1. The standard InChI is InChI=1S/C21H24ClN3O2S/c22-17-3-1-16(2-4-17)19-24-25-20(27-19)28-11-18(26)23-12-21-8-13-5-14(9-21)7-15(6-13)10-21/h1-4,13-15H,5-12H2,(H,23,26). The summed E-state index contributed by atoms with van der Waals surface area (Å²) in [5.74, 6) is 3.50. The summed E-state index contributed by atoms with van der Waals surface area (Å²) >= 11 is 7.19. The van der Waals surface area contributed by atoms with Gasteiger partial charge in [-0.3, -0.25) is 4.79 Å². The summed E-state index contributed by atoms with van der Waals surface area (Å²) in [7, 11) is 0. The maximum Gasteiger partial charge on any atom is 0.277 e. The number of halogens is 1. The molecule has 1 N–H and O–H groups in total. The van der Waals surface area contributed by atoms with Gasteiger partial charge in [-0.25, -0.2) is 0 Å². The molecular formula is C21H24ClN3O2S. The Bertz CT molecular complexity index is 832. The second-order valence-corrected chi connectivity index (χ2v) is 10.2. The van der Waals surface area contributed by atoms with Crippen molar-refractivity contribution >= 4 is 29.3 Å². The summed E-state index contributed by atoms with van der Waals surface area (Å²) in [6.45, 7) is 0.829. The normalized spacial score (nSPS) is 30.5. The molecule has 1 aromatic heterocycles. The molecule has 6 rings (SSSR count). The van der Waals surface area contributed by atoms with Crippen LogP contribution in [0.25, 0.3) is 11.5 Å². The van der Waals surface area contributed by atoms with Crippen molar-refractivity contribution in [2.45, 2.75) is 43.7 Å². The van der Waals surface area contributed by atoms with Crippen LogP contribution in [-0.4, -0.2) is 28.4 Å². The molecule has 4 aliphatic rings. The molecule has 5 nitrogen and oxygen atoms in total. The van der Waals surface area contributed by atoms with Crippen LogP contribution in [0.3, 0.4) is 0 Å². The lowest BCUT2D eigenvalue weighted by molar-refractivity contribution is -0.120. The fraction of sp³-hybridized carbons (Fsp3) is 0.571. The molecule has 28 heavy (non-hydrogen) atoms. The van der Waals surface area contributed by atoms with Crippen LogP contribution in [0.5, 0.6) is 0 Å². The number of nitrogens with one attached hydrogen (secondary N) is 1. The van der Waals surface area contributed by atoms with Crippen molar-refractivity contribution in [3.63, 3.8) is 0 Å². The van der Waals surface area contributed by atoms with E-state index in [0.717, 1.165) is 29.9 Å². The molecule has 7 heteroatoms. The maximum absolute atomic E-state index is 12.4. The van der Waals surface area contributed by atoms with Gasteiger partial charge in [0.15, 0.2) is 0 Å². The van der Waals surface area contributed by atoms with Gasteiger partial charge < -0.3 is 9.73 Å². The lowest BCUT2D eigenvalue weighted by Gasteiger charge is -2.56. The van der Waals surface area contributed by atoms with Crippen molar-refractivity contribution in [1.29, 1.82) is 0 Å². The highest BCUT2D eigenvalue weighted by molar-refractivity contribution is 7.99. The van der Waals surface area contributed by atoms with Crippen LogP contribution < -0.4 is 5.32 Å². The third-order valence-electron chi connectivity index (χ3n) is 6.65. The van der Waals surface area contributed by atoms with E-state index >= 15 is 0 Å². The number of thioether (sulfide) groups is 1. The average Bonchev–Trinajstić information content (AvgIpc) is 3.13. The molecule has 1 amide bonds. The largest absolute Gasteiger partial charge is 0.411 e. The summed E-state index contributed by atoms with van der Waals surface area (Å²) in [5, 5.41) is 12.4. The van der Waals surface area contributed by atoms with E-state index in [9.17, 15) is 4.79 Å². The van der Waals surface area contributed by atoms with Crippen molar-refractivity contribution in [3.8, 4) is 11.5 Å². The van der Waals surface area contributed by atoms with Gasteiger partial charge in [-0.2, -0.15) is 0 Å². The first-order chi connectivity index (χ1) is 13.6. The zero-order valence-corrected chi connectivity index (χ0v) is 17.3. The van der Waals surface area contributed by atoms with Crippen LogP contribution in [0, 0.1) is 23.2 Å². The summed E-state index contributed by atoms with van der Waals surface area (Å²) in [4.78, 5) is 12.4. The molecule has 1 heterocycles. The highest BCUT2D eigenvalue weighted by Gasteiger charge is 2.50. The smallest absolute Gasteiger partial charge is 0.277 e. The monoisotopic (exact) mass is 417 g/mol. The van der Waals surface area contributed by atoms with Gasteiger partial charge in [-0.1, -0.05) is 23.4 Å². The van der Waals surface area contributed by atoms with E-state index in [2.05, 4.69) is 15.5 Å². The lowest BCUT2D eigenvalue weighted by atomic mass is 9.49. The fourth-order valence-corrected chi connectivity index (χ4v) is 6.67. The number of hydrogen-bond donors (Lipinski definition) is 1. The number of hydrogen-bond acceptors (Lipinski definition) is 5. The highest BCUT2D eigenvalue weighted by Crippen LogP contribution is 2.59. The number of rotatable bonds is 6.